The zero-order valence-corrected chi connectivity index (χ0v) is 15.7. The van der Waals surface area contributed by atoms with Crippen molar-refractivity contribution in [3.8, 4) is 0 Å². The molecule has 2 aliphatic carbocycles. The monoisotopic (exact) mass is 357 g/mol. The number of piperazine rings is 1. The van der Waals surface area contributed by atoms with Gasteiger partial charge < -0.3 is 15.1 Å². The van der Waals surface area contributed by atoms with E-state index in [4.69, 9.17) is 12.2 Å². The van der Waals surface area contributed by atoms with Crippen LogP contribution in [-0.2, 0) is 0 Å². The lowest BCUT2D eigenvalue weighted by molar-refractivity contribution is 0.101. The van der Waals surface area contributed by atoms with Crippen LogP contribution < -0.4 is 10.2 Å². The second-order valence-electron chi connectivity index (χ2n) is 7.81. The molecule has 1 heterocycles. The van der Waals surface area contributed by atoms with Gasteiger partial charge in [0.15, 0.2) is 10.9 Å². The Morgan fingerprint density at radius 3 is 2.36 bits per heavy atom. The van der Waals surface area contributed by atoms with Crippen molar-refractivity contribution in [3.05, 3.63) is 29.8 Å². The molecule has 0 amide bonds. The summed E-state index contributed by atoms with van der Waals surface area (Å²) >= 11 is 5.69. The van der Waals surface area contributed by atoms with Crippen LogP contribution in [0, 0.1) is 11.8 Å². The minimum atomic E-state index is 0.119. The minimum absolute atomic E-state index is 0.119. The second kappa shape index (κ2) is 6.94. The fourth-order valence-electron chi connectivity index (χ4n) is 4.75. The predicted molar refractivity (Wildman–Crippen MR) is 105 cm³/mol. The number of nitrogens with zero attached hydrogens (tertiary/aromatic N) is 2. The molecule has 3 aliphatic rings. The summed E-state index contributed by atoms with van der Waals surface area (Å²) < 4.78 is 0. The van der Waals surface area contributed by atoms with Gasteiger partial charge in [0.05, 0.1) is 0 Å². The number of fused-ring (bicyclic) bond motifs is 2. The molecule has 0 spiro atoms. The van der Waals surface area contributed by atoms with Crippen molar-refractivity contribution in [2.24, 2.45) is 11.8 Å². The van der Waals surface area contributed by atoms with Gasteiger partial charge in [-0.2, -0.15) is 0 Å². The SMILES string of the molecule is CC(=O)c1ccc(N2CCN(C(=S)N[C@H]3C[C@@H]4CC[C@@H]3C4)CC2)cc1. The zero-order valence-electron chi connectivity index (χ0n) is 14.9. The summed E-state index contributed by atoms with van der Waals surface area (Å²) in [4.78, 5) is 16.1. The maximum absolute atomic E-state index is 11.4. The van der Waals surface area contributed by atoms with Crippen molar-refractivity contribution < 1.29 is 4.79 Å². The molecule has 25 heavy (non-hydrogen) atoms. The van der Waals surface area contributed by atoms with Crippen molar-refractivity contribution in [3.63, 3.8) is 0 Å². The van der Waals surface area contributed by atoms with E-state index in [1.807, 2.05) is 12.1 Å². The van der Waals surface area contributed by atoms with Gasteiger partial charge in [0.25, 0.3) is 0 Å². The van der Waals surface area contributed by atoms with Gasteiger partial charge in [0.1, 0.15) is 0 Å². The largest absolute Gasteiger partial charge is 0.368 e. The summed E-state index contributed by atoms with van der Waals surface area (Å²) in [5.41, 5.74) is 1.97. The number of carbonyl (C=O) groups excluding carboxylic acids is 1. The van der Waals surface area contributed by atoms with Gasteiger partial charge in [-0.1, -0.05) is 6.42 Å². The van der Waals surface area contributed by atoms with Gasteiger partial charge in [-0.25, -0.2) is 0 Å². The number of anilines is 1. The molecule has 3 fully saturated rings. The number of benzene rings is 1. The number of nitrogens with one attached hydrogen (secondary N) is 1. The highest BCUT2D eigenvalue weighted by Crippen LogP contribution is 2.44. The van der Waals surface area contributed by atoms with Crippen molar-refractivity contribution in [2.75, 3.05) is 31.1 Å². The van der Waals surface area contributed by atoms with E-state index in [2.05, 4.69) is 27.2 Å². The molecular formula is C20H27N3OS. The molecule has 3 atom stereocenters. The van der Waals surface area contributed by atoms with Crippen LogP contribution in [0.2, 0.25) is 0 Å². The van der Waals surface area contributed by atoms with Crippen LogP contribution in [0.15, 0.2) is 24.3 Å². The van der Waals surface area contributed by atoms with Crippen molar-refractivity contribution in [2.45, 2.75) is 38.6 Å². The first-order chi connectivity index (χ1) is 12.1. The average Bonchev–Trinajstić information content (AvgIpc) is 3.25. The Hall–Kier alpha value is -1.62. The van der Waals surface area contributed by atoms with Crippen LogP contribution in [0.5, 0.6) is 0 Å². The highest BCUT2D eigenvalue weighted by Gasteiger charge is 2.40. The molecule has 1 aromatic carbocycles. The third-order valence-corrected chi connectivity index (χ3v) is 6.63. The first kappa shape index (κ1) is 16.8. The van der Waals surface area contributed by atoms with Crippen LogP contribution in [0.1, 0.15) is 43.0 Å². The Balaban J connectivity index is 1.29. The minimum Gasteiger partial charge on any atom is -0.368 e. The summed E-state index contributed by atoms with van der Waals surface area (Å²) in [5.74, 6) is 1.91. The molecular weight excluding hydrogens is 330 g/mol. The van der Waals surface area contributed by atoms with Crippen LogP contribution in [0.4, 0.5) is 5.69 Å². The Morgan fingerprint density at radius 2 is 1.80 bits per heavy atom. The smallest absolute Gasteiger partial charge is 0.169 e. The van der Waals surface area contributed by atoms with E-state index in [1.54, 1.807) is 6.92 Å². The molecule has 5 heteroatoms. The van der Waals surface area contributed by atoms with E-state index >= 15 is 0 Å². The Bertz CT molecular complexity index is 651. The Labute approximate surface area is 155 Å². The Kier molecular flexibility index (Phi) is 4.67. The highest BCUT2D eigenvalue weighted by molar-refractivity contribution is 7.80. The number of Topliss-reactive ketones (excluding diaryl/α,β-unsaturated/α-hetero) is 1. The summed E-state index contributed by atoms with van der Waals surface area (Å²) in [6.07, 6.45) is 5.53. The zero-order chi connectivity index (χ0) is 17.4. The van der Waals surface area contributed by atoms with Crippen LogP contribution in [0.25, 0.3) is 0 Å². The van der Waals surface area contributed by atoms with Gasteiger partial charge in [-0.05, 0) is 74.5 Å². The summed E-state index contributed by atoms with van der Waals surface area (Å²) in [5, 5.41) is 4.60. The van der Waals surface area contributed by atoms with E-state index in [9.17, 15) is 4.79 Å². The molecule has 0 radical (unpaired) electrons. The van der Waals surface area contributed by atoms with Crippen LogP contribution in [0.3, 0.4) is 0 Å². The summed E-state index contributed by atoms with van der Waals surface area (Å²) in [6, 6.07) is 8.57. The van der Waals surface area contributed by atoms with Crippen LogP contribution in [-0.4, -0.2) is 48.0 Å². The third kappa shape index (κ3) is 3.52. The predicted octanol–water partition coefficient (Wildman–Crippen LogP) is 3.07. The van der Waals surface area contributed by atoms with Crippen molar-refractivity contribution >= 4 is 28.8 Å². The van der Waals surface area contributed by atoms with E-state index in [-0.39, 0.29) is 5.78 Å². The molecule has 0 unspecified atom stereocenters. The second-order valence-corrected chi connectivity index (χ2v) is 8.19. The van der Waals surface area contributed by atoms with E-state index in [0.717, 1.165) is 48.7 Å². The van der Waals surface area contributed by atoms with Crippen molar-refractivity contribution in [1.82, 2.24) is 10.2 Å². The summed E-state index contributed by atoms with van der Waals surface area (Å²) in [6.45, 7) is 5.47. The lowest BCUT2D eigenvalue weighted by Gasteiger charge is -2.38. The topological polar surface area (TPSA) is 35.6 Å². The van der Waals surface area contributed by atoms with Gasteiger partial charge in [-0.15, -0.1) is 0 Å². The molecule has 0 aromatic heterocycles. The molecule has 1 aromatic rings. The van der Waals surface area contributed by atoms with Gasteiger partial charge in [-0.3, -0.25) is 4.79 Å². The maximum atomic E-state index is 11.4. The normalized spacial score (nSPS) is 28.3. The van der Waals surface area contributed by atoms with Crippen molar-refractivity contribution in [1.29, 1.82) is 0 Å². The molecule has 1 saturated heterocycles. The third-order valence-electron chi connectivity index (χ3n) is 6.25. The average molecular weight is 358 g/mol. The van der Waals surface area contributed by atoms with E-state index in [1.165, 1.54) is 31.4 Å². The van der Waals surface area contributed by atoms with Gasteiger partial charge in [0.2, 0.25) is 0 Å². The number of carbonyl (C=O) groups is 1. The lowest BCUT2D eigenvalue weighted by Crippen LogP contribution is -2.54. The lowest BCUT2D eigenvalue weighted by atomic mass is 9.95. The quantitative estimate of drug-likeness (QED) is 0.664. The van der Waals surface area contributed by atoms with E-state index in [0.29, 0.717) is 6.04 Å². The first-order valence-corrected chi connectivity index (χ1v) is 9.92. The molecule has 134 valence electrons. The number of hydrogen-bond donors (Lipinski definition) is 1. The molecule has 4 nitrogen and oxygen atoms in total. The standard InChI is InChI=1S/C20H27N3OS/c1-14(24)16-4-6-18(7-5-16)22-8-10-23(11-9-22)20(25)21-19-13-15-2-3-17(19)12-15/h4-7,15,17,19H,2-3,8-13H2,1H3,(H,21,25)/t15-,17-,19+/m1/s1. The first-order valence-electron chi connectivity index (χ1n) is 9.51. The number of ketones is 1. The van der Waals surface area contributed by atoms with E-state index < -0.39 is 0 Å². The number of hydrogen-bond acceptors (Lipinski definition) is 3. The molecule has 4 rings (SSSR count). The Morgan fingerprint density at radius 1 is 1.08 bits per heavy atom. The molecule has 1 N–H and O–H groups in total. The van der Waals surface area contributed by atoms with Crippen LogP contribution >= 0.6 is 12.2 Å². The fourth-order valence-corrected chi connectivity index (χ4v) is 5.08. The van der Waals surface area contributed by atoms with Gasteiger partial charge in [0, 0.05) is 43.5 Å². The number of thiocarbonyl (C=S) groups is 1. The fraction of sp³-hybridized carbons (Fsp3) is 0.600. The molecule has 2 saturated carbocycles. The molecule has 2 bridgehead atoms. The molecule has 1 aliphatic heterocycles. The van der Waals surface area contributed by atoms with Gasteiger partial charge >= 0.3 is 0 Å². The maximum Gasteiger partial charge on any atom is 0.169 e. The summed E-state index contributed by atoms with van der Waals surface area (Å²) in [7, 11) is 0. The number of rotatable bonds is 3. The highest BCUT2D eigenvalue weighted by atomic mass is 32.1.